The van der Waals surface area contributed by atoms with E-state index in [4.69, 9.17) is 4.99 Å². The summed E-state index contributed by atoms with van der Waals surface area (Å²) in [5.41, 5.74) is 3.71. The van der Waals surface area contributed by atoms with Gasteiger partial charge in [-0.05, 0) is 30.7 Å². The number of aliphatic imine (C=N–C) groups is 1. The molecule has 0 saturated heterocycles. The van der Waals surface area contributed by atoms with Crippen molar-refractivity contribution in [1.82, 2.24) is 0 Å². The van der Waals surface area contributed by atoms with Crippen molar-refractivity contribution in [2.75, 3.05) is 22.9 Å². The van der Waals surface area contributed by atoms with E-state index in [0.717, 1.165) is 19.0 Å². The Morgan fingerprint density at radius 1 is 1.10 bits per heavy atom. The number of fused-ring (bicyclic) bond motifs is 3. The summed E-state index contributed by atoms with van der Waals surface area (Å²) in [5, 5.41) is 0. The average Bonchev–Trinajstić information content (AvgIpc) is 3.01. The van der Waals surface area contributed by atoms with Gasteiger partial charge in [0.15, 0.2) is 0 Å². The van der Waals surface area contributed by atoms with Gasteiger partial charge in [0.2, 0.25) is 0 Å². The van der Waals surface area contributed by atoms with Gasteiger partial charge < -0.3 is 0 Å². The highest BCUT2D eigenvalue weighted by atomic mass is 15.5. The van der Waals surface area contributed by atoms with Crippen LogP contribution in [-0.2, 0) is 7.05 Å². The van der Waals surface area contributed by atoms with Crippen LogP contribution in [0.5, 0.6) is 0 Å². The van der Waals surface area contributed by atoms with Gasteiger partial charge >= 0.3 is 11.8 Å². The summed E-state index contributed by atoms with van der Waals surface area (Å²) >= 11 is 0. The van der Waals surface area contributed by atoms with E-state index in [-0.39, 0.29) is 0 Å². The van der Waals surface area contributed by atoms with E-state index in [1.54, 1.807) is 0 Å². The van der Waals surface area contributed by atoms with Crippen molar-refractivity contribution in [2.24, 2.45) is 12.0 Å². The van der Waals surface area contributed by atoms with Crippen LogP contribution in [0.1, 0.15) is 5.56 Å². The second kappa shape index (κ2) is 4.07. The highest BCUT2D eigenvalue weighted by Gasteiger charge is 2.45. The predicted octanol–water partition coefficient (Wildman–Crippen LogP) is 2.15. The van der Waals surface area contributed by atoms with Crippen LogP contribution in [0.15, 0.2) is 47.6 Å². The Balaban J connectivity index is 1.98. The summed E-state index contributed by atoms with van der Waals surface area (Å²) in [7, 11) is 2.09. The highest BCUT2D eigenvalue weighted by molar-refractivity contribution is 6.19. The molecule has 0 atom stereocenters. The smallest absolute Gasteiger partial charge is 0.283 e. The van der Waals surface area contributed by atoms with Crippen molar-refractivity contribution >= 4 is 23.2 Å². The standard InChI is InChI=1S/C16H17N4/c1-12-6-3-4-7-13(12)20-15-14(8-5-10-18(15)2)19-11-9-17-16(19)20/h3-8,10H,9,11H2,1-2H3/q+1. The van der Waals surface area contributed by atoms with Gasteiger partial charge in [-0.15, -0.1) is 0 Å². The van der Waals surface area contributed by atoms with Crippen molar-refractivity contribution in [1.29, 1.82) is 0 Å². The van der Waals surface area contributed by atoms with Gasteiger partial charge in [0.25, 0.3) is 0 Å². The van der Waals surface area contributed by atoms with Crippen LogP contribution in [-0.4, -0.2) is 19.0 Å². The number of hydrogen-bond acceptors (Lipinski definition) is 3. The molecular formula is C16H17N4+. The lowest BCUT2D eigenvalue weighted by molar-refractivity contribution is -0.657. The Kier molecular flexibility index (Phi) is 2.33. The topological polar surface area (TPSA) is 22.7 Å². The summed E-state index contributed by atoms with van der Waals surface area (Å²) in [6.07, 6.45) is 2.09. The fourth-order valence-corrected chi connectivity index (χ4v) is 3.06. The molecule has 0 radical (unpaired) electrons. The fraction of sp³-hybridized carbons (Fsp3) is 0.250. The number of guanidine groups is 1. The first-order valence-electron chi connectivity index (χ1n) is 6.94. The van der Waals surface area contributed by atoms with E-state index in [1.165, 1.54) is 22.8 Å². The van der Waals surface area contributed by atoms with Crippen molar-refractivity contribution in [3.8, 4) is 0 Å². The maximum atomic E-state index is 4.71. The zero-order chi connectivity index (χ0) is 13.7. The summed E-state index contributed by atoms with van der Waals surface area (Å²) in [6, 6.07) is 12.7. The summed E-state index contributed by atoms with van der Waals surface area (Å²) < 4.78 is 2.17. The maximum Gasteiger partial charge on any atom is 0.313 e. The first-order chi connectivity index (χ1) is 9.77. The Bertz CT molecular complexity index is 720. The van der Waals surface area contributed by atoms with E-state index in [0.29, 0.717) is 0 Å². The van der Waals surface area contributed by atoms with Crippen molar-refractivity contribution in [3.63, 3.8) is 0 Å². The molecule has 3 heterocycles. The minimum Gasteiger partial charge on any atom is -0.283 e. The van der Waals surface area contributed by atoms with Gasteiger partial charge in [0.05, 0.1) is 19.8 Å². The van der Waals surface area contributed by atoms with Crippen LogP contribution in [0.3, 0.4) is 0 Å². The number of rotatable bonds is 1. The molecule has 2 aliphatic rings. The maximum absolute atomic E-state index is 4.71. The van der Waals surface area contributed by atoms with Crippen molar-refractivity contribution in [3.05, 3.63) is 48.2 Å². The number of nitrogens with zero attached hydrogens (tertiary/aromatic N) is 4. The van der Waals surface area contributed by atoms with Crippen LogP contribution >= 0.6 is 0 Å². The molecule has 0 saturated carbocycles. The summed E-state index contributed by atoms with van der Waals surface area (Å²) in [4.78, 5) is 9.29. The summed E-state index contributed by atoms with van der Waals surface area (Å²) in [6.45, 7) is 3.99. The number of hydrogen-bond donors (Lipinski definition) is 0. The van der Waals surface area contributed by atoms with E-state index in [2.05, 4.69) is 70.9 Å². The number of anilines is 3. The molecule has 0 N–H and O–H groups in total. The van der Waals surface area contributed by atoms with Gasteiger partial charge in [0, 0.05) is 6.54 Å². The lowest BCUT2D eigenvalue weighted by Crippen LogP contribution is -2.38. The zero-order valence-electron chi connectivity index (χ0n) is 11.7. The van der Waals surface area contributed by atoms with Gasteiger partial charge in [-0.1, -0.05) is 18.2 Å². The molecule has 0 bridgehead atoms. The first kappa shape index (κ1) is 11.5. The quantitative estimate of drug-likeness (QED) is 0.737. The average molecular weight is 265 g/mol. The number of aryl methyl sites for hydroxylation is 2. The van der Waals surface area contributed by atoms with E-state index in [1.807, 2.05) is 0 Å². The molecule has 0 spiro atoms. The molecule has 1 aromatic carbocycles. The van der Waals surface area contributed by atoms with Crippen molar-refractivity contribution < 1.29 is 4.57 Å². The third-order valence-electron chi connectivity index (χ3n) is 4.00. The van der Waals surface area contributed by atoms with Gasteiger partial charge in [0.1, 0.15) is 11.4 Å². The number of benzene rings is 1. The highest BCUT2D eigenvalue weighted by Crippen LogP contribution is 2.41. The van der Waals surface area contributed by atoms with Crippen LogP contribution in [0.25, 0.3) is 0 Å². The van der Waals surface area contributed by atoms with Gasteiger partial charge in [-0.3, -0.25) is 4.90 Å². The summed E-state index contributed by atoms with van der Waals surface area (Å²) in [5.74, 6) is 2.25. The van der Waals surface area contributed by atoms with Gasteiger partial charge in [-0.25, -0.2) is 9.56 Å². The minimum atomic E-state index is 0.871. The third kappa shape index (κ3) is 1.42. The van der Waals surface area contributed by atoms with Crippen molar-refractivity contribution in [2.45, 2.75) is 6.92 Å². The third-order valence-corrected chi connectivity index (χ3v) is 4.00. The Hall–Kier alpha value is -2.36. The fourth-order valence-electron chi connectivity index (χ4n) is 3.06. The SMILES string of the molecule is Cc1ccccc1N1C2=NCCN2c2ccc[n+](C)c21. The van der Waals surface area contributed by atoms with Gasteiger partial charge in [-0.2, -0.15) is 4.90 Å². The molecule has 0 amide bonds. The second-order valence-electron chi connectivity index (χ2n) is 5.28. The van der Waals surface area contributed by atoms with E-state index < -0.39 is 0 Å². The number of para-hydroxylation sites is 1. The first-order valence-corrected chi connectivity index (χ1v) is 6.94. The molecule has 0 aliphatic carbocycles. The Morgan fingerprint density at radius 2 is 1.90 bits per heavy atom. The number of pyridine rings is 1. The zero-order valence-corrected chi connectivity index (χ0v) is 11.7. The second-order valence-corrected chi connectivity index (χ2v) is 5.28. The van der Waals surface area contributed by atoms with E-state index >= 15 is 0 Å². The Morgan fingerprint density at radius 3 is 2.75 bits per heavy atom. The normalized spacial score (nSPS) is 16.2. The molecule has 100 valence electrons. The molecule has 4 nitrogen and oxygen atoms in total. The lowest BCUT2D eigenvalue weighted by Gasteiger charge is -2.14. The van der Waals surface area contributed by atoms with Crippen LogP contribution in [0.2, 0.25) is 0 Å². The molecular weight excluding hydrogens is 248 g/mol. The molecule has 2 aromatic rings. The molecule has 4 rings (SSSR count). The lowest BCUT2D eigenvalue weighted by atomic mass is 10.2. The molecule has 4 heteroatoms. The van der Waals surface area contributed by atoms with E-state index in [9.17, 15) is 0 Å². The molecule has 0 unspecified atom stereocenters. The molecule has 20 heavy (non-hydrogen) atoms. The predicted molar refractivity (Wildman–Crippen MR) is 80.6 cm³/mol. The van der Waals surface area contributed by atoms with Crippen LogP contribution < -0.4 is 14.4 Å². The molecule has 2 aliphatic heterocycles. The monoisotopic (exact) mass is 265 g/mol. The largest absolute Gasteiger partial charge is 0.313 e. The minimum absolute atomic E-state index is 0.871. The molecule has 0 fully saturated rings. The van der Waals surface area contributed by atoms with Crippen LogP contribution in [0, 0.1) is 6.92 Å². The van der Waals surface area contributed by atoms with Crippen LogP contribution in [0.4, 0.5) is 17.2 Å². The number of aromatic nitrogens is 1. The Labute approximate surface area is 118 Å². The molecule has 1 aromatic heterocycles.